The van der Waals surface area contributed by atoms with Crippen LogP contribution in [0.25, 0.3) is 11.3 Å². The van der Waals surface area contributed by atoms with Gasteiger partial charge in [0.15, 0.2) is 11.6 Å². The van der Waals surface area contributed by atoms with Crippen molar-refractivity contribution >= 4 is 21.7 Å². The van der Waals surface area contributed by atoms with Gasteiger partial charge in [0.1, 0.15) is 6.17 Å². The summed E-state index contributed by atoms with van der Waals surface area (Å²) in [6.45, 7) is 1.95. The van der Waals surface area contributed by atoms with Crippen LogP contribution < -0.4 is 5.73 Å². The number of hydrogen-bond acceptors (Lipinski definition) is 3. The first kappa shape index (κ1) is 11.5. The van der Waals surface area contributed by atoms with Gasteiger partial charge in [-0.2, -0.15) is 0 Å². The number of nitrogen functional groups attached to an aromatic ring is 1. The van der Waals surface area contributed by atoms with E-state index in [1.54, 1.807) is 0 Å². The molecule has 4 rings (SSSR count). The van der Waals surface area contributed by atoms with Crippen molar-refractivity contribution in [3.63, 3.8) is 0 Å². The Morgan fingerprint density at radius 1 is 1.53 bits per heavy atom. The van der Waals surface area contributed by atoms with Crippen LogP contribution in [-0.4, -0.2) is 11.3 Å². The third kappa shape index (κ3) is 1.24. The lowest BCUT2D eigenvalue weighted by atomic mass is 9.78. The van der Waals surface area contributed by atoms with E-state index in [2.05, 4.69) is 21.1 Å². The molecule has 2 aliphatic carbocycles. The second-order valence-corrected chi connectivity index (χ2v) is 6.39. The molecular weight excluding hydrogens is 311 g/mol. The lowest BCUT2D eigenvalue weighted by Gasteiger charge is -2.25. The normalized spacial score (nSPS) is 31.1. The molecule has 19 heavy (non-hydrogen) atoms. The monoisotopic (exact) mass is 322 g/mol. The number of hydrogen-bond donors (Lipinski definition) is 1. The third-order valence-electron chi connectivity index (χ3n) is 4.65. The molecule has 1 fully saturated rings. The van der Waals surface area contributed by atoms with Crippen LogP contribution in [0.5, 0.6) is 0 Å². The molecule has 0 bridgehead atoms. The molecule has 0 amide bonds. The number of halogens is 2. The number of alkyl halides is 1. The molecule has 5 heteroatoms. The van der Waals surface area contributed by atoms with Gasteiger partial charge in [-0.05, 0) is 24.1 Å². The minimum atomic E-state index is -0.824. The summed E-state index contributed by atoms with van der Waals surface area (Å²) in [5.41, 5.74) is 8.18. The van der Waals surface area contributed by atoms with E-state index in [0.29, 0.717) is 18.0 Å². The highest BCUT2D eigenvalue weighted by Gasteiger charge is 2.66. The molecule has 1 aromatic heterocycles. The maximum atomic E-state index is 14.3. The first-order valence-corrected chi connectivity index (χ1v) is 7.03. The topological polar surface area (TPSA) is 52.0 Å². The smallest absolute Gasteiger partial charge is 0.172 e. The van der Waals surface area contributed by atoms with Crippen molar-refractivity contribution in [2.75, 3.05) is 5.73 Å². The fourth-order valence-electron chi connectivity index (χ4n) is 3.43. The Hall–Kier alpha value is -1.36. The highest BCUT2D eigenvalue weighted by Crippen LogP contribution is 2.63. The second-order valence-electron chi connectivity index (χ2n) is 5.47. The number of nitrogens with zero attached hydrogens (tertiary/aromatic N) is 1. The van der Waals surface area contributed by atoms with Gasteiger partial charge >= 0.3 is 0 Å². The zero-order valence-electron chi connectivity index (χ0n) is 10.3. The van der Waals surface area contributed by atoms with Gasteiger partial charge in [0.25, 0.3) is 0 Å². The van der Waals surface area contributed by atoms with Crippen LogP contribution in [0.3, 0.4) is 0 Å². The number of nitrogens with two attached hydrogens (primary N) is 1. The summed E-state index contributed by atoms with van der Waals surface area (Å²) in [6.07, 6.45) is -0.246. The van der Waals surface area contributed by atoms with Crippen molar-refractivity contribution < 1.29 is 8.91 Å². The van der Waals surface area contributed by atoms with Crippen LogP contribution in [0.4, 0.5) is 10.2 Å². The molecule has 2 aromatic rings. The average Bonchev–Trinajstić information content (AvgIpc) is 2.73. The van der Waals surface area contributed by atoms with Gasteiger partial charge in [0.05, 0.1) is 0 Å². The number of aromatic nitrogens is 1. The van der Waals surface area contributed by atoms with E-state index in [9.17, 15) is 4.39 Å². The summed E-state index contributed by atoms with van der Waals surface area (Å²) < 4.78 is 20.5. The molecule has 1 unspecified atom stereocenters. The molecule has 3 atom stereocenters. The fraction of sp³-hybridized carbons (Fsp3) is 0.357. The lowest BCUT2D eigenvalue weighted by Crippen LogP contribution is -2.22. The summed E-state index contributed by atoms with van der Waals surface area (Å²) in [7, 11) is 0. The predicted molar refractivity (Wildman–Crippen MR) is 73.5 cm³/mol. The van der Waals surface area contributed by atoms with Crippen molar-refractivity contribution in [2.45, 2.75) is 24.9 Å². The lowest BCUT2D eigenvalue weighted by molar-refractivity contribution is 0.406. The first-order valence-electron chi connectivity index (χ1n) is 6.24. The van der Waals surface area contributed by atoms with Gasteiger partial charge in [-0.25, -0.2) is 4.39 Å². The number of anilines is 1. The van der Waals surface area contributed by atoms with E-state index in [-0.39, 0.29) is 5.92 Å². The van der Waals surface area contributed by atoms with E-state index < -0.39 is 11.6 Å². The zero-order chi connectivity index (χ0) is 13.4. The van der Waals surface area contributed by atoms with Crippen LogP contribution in [0.1, 0.15) is 18.1 Å². The van der Waals surface area contributed by atoms with Crippen molar-refractivity contribution in [3.05, 3.63) is 33.8 Å². The summed E-state index contributed by atoms with van der Waals surface area (Å²) >= 11 is 3.45. The highest BCUT2D eigenvalue weighted by atomic mass is 79.9. The Bertz CT molecular complexity index is 689. The predicted octanol–water partition coefficient (Wildman–Crippen LogP) is 3.47. The van der Waals surface area contributed by atoms with Crippen molar-refractivity contribution in [2.24, 2.45) is 5.92 Å². The molecule has 98 valence electrons. The van der Waals surface area contributed by atoms with Crippen LogP contribution >= 0.6 is 15.9 Å². The largest absolute Gasteiger partial charge is 0.381 e. The Morgan fingerprint density at radius 3 is 2.95 bits per heavy atom. The minimum absolute atomic E-state index is 0.00914. The molecule has 1 spiro atoms. The fourth-order valence-corrected chi connectivity index (χ4v) is 3.79. The Kier molecular flexibility index (Phi) is 2.05. The van der Waals surface area contributed by atoms with Crippen LogP contribution in [0.15, 0.2) is 27.2 Å². The quantitative estimate of drug-likeness (QED) is 0.808. The molecule has 2 aliphatic rings. The third-order valence-corrected chi connectivity index (χ3v) is 5.14. The number of rotatable bonds is 0. The van der Waals surface area contributed by atoms with Crippen molar-refractivity contribution in [1.29, 1.82) is 0 Å². The van der Waals surface area contributed by atoms with Gasteiger partial charge in [-0.1, -0.05) is 34.1 Å². The molecule has 0 radical (unpaired) electrons. The molecule has 1 aromatic carbocycles. The summed E-state index contributed by atoms with van der Waals surface area (Å²) in [4.78, 5) is 0. The Labute approximate surface area is 118 Å². The van der Waals surface area contributed by atoms with Crippen LogP contribution in [0.2, 0.25) is 0 Å². The van der Waals surface area contributed by atoms with Gasteiger partial charge < -0.3 is 10.3 Å². The molecule has 0 saturated heterocycles. The SMILES string of the molecule is C[C@@H]1[C@@H](F)C12Cc1c(N)noc1-c1cc(Br)ccc12. The van der Waals surface area contributed by atoms with Crippen LogP contribution in [-0.2, 0) is 11.8 Å². The maximum absolute atomic E-state index is 14.3. The van der Waals surface area contributed by atoms with Gasteiger partial charge in [-0.15, -0.1) is 0 Å². The highest BCUT2D eigenvalue weighted by molar-refractivity contribution is 9.10. The molecule has 2 N–H and O–H groups in total. The van der Waals surface area contributed by atoms with Crippen molar-refractivity contribution in [3.8, 4) is 11.3 Å². The van der Waals surface area contributed by atoms with Gasteiger partial charge in [0.2, 0.25) is 0 Å². The molecule has 3 nitrogen and oxygen atoms in total. The summed E-state index contributed by atoms with van der Waals surface area (Å²) in [5.74, 6) is 1.08. The van der Waals surface area contributed by atoms with Gasteiger partial charge in [0, 0.05) is 26.9 Å². The Morgan fingerprint density at radius 2 is 2.26 bits per heavy atom. The Balaban J connectivity index is 2.03. The number of fused-ring (bicyclic) bond motifs is 4. The molecule has 1 heterocycles. The van der Waals surface area contributed by atoms with E-state index in [1.165, 1.54) is 0 Å². The average molecular weight is 323 g/mol. The van der Waals surface area contributed by atoms with E-state index in [1.807, 2.05) is 25.1 Å². The second kappa shape index (κ2) is 3.39. The van der Waals surface area contributed by atoms with E-state index in [4.69, 9.17) is 10.3 Å². The molecule has 1 saturated carbocycles. The van der Waals surface area contributed by atoms with E-state index >= 15 is 0 Å². The standard InChI is InChI=1S/C14H12BrFN2O/c1-6-12(16)14(6)5-9-11(19-18-13(9)17)8-4-7(15)2-3-10(8)14/h2-4,6,12H,5H2,1H3,(H2,17,18)/t6-,12-,14?/m1/s1. The maximum Gasteiger partial charge on any atom is 0.172 e. The summed E-state index contributed by atoms with van der Waals surface area (Å²) in [6, 6.07) is 5.89. The molecule has 0 aliphatic heterocycles. The summed E-state index contributed by atoms with van der Waals surface area (Å²) in [5, 5.41) is 3.84. The van der Waals surface area contributed by atoms with Crippen LogP contribution in [0, 0.1) is 5.92 Å². The minimum Gasteiger partial charge on any atom is -0.381 e. The number of benzene rings is 1. The molecular formula is C14H12BrFN2O. The van der Waals surface area contributed by atoms with E-state index in [0.717, 1.165) is 21.2 Å². The van der Waals surface area contributed by atoms with Gasteiger partial charge in [-0.3, -0.25) is 0 Å². The van der Waals surface area contributed by atoms with Crippen molar-refractivity contribution in [1.82, 2.24) is 5.16 Å². The zero-order valence-corrected chi connectivity index (χ0v) is 11.9. The first-order chi connectivity index (χ1) is 9.05.